The van der Waals surface area contributed by atoms with E-state index in [0.717, 1.165) is 5.75 Å². The third-order valence-electron chi connectivity index (χ3n) is 5.64. The van der Waals surface area contributed by atoms with E-state index in [4.69, 9.17) is 4.52 Å². The summed E-state index contributed by atoms with van der Waals surface area (Å²) in [6.45, 7) is 5.41. The van der Waals surface area contributed by atoms with Gasteiger partial charge in [0.25, 0.3) is 0 Å². The van der Waals surface area contributed by atoms with Crippen molar-refractivity contribution in [1.82, 2.24) is 19.3 Å². The van der Waals surface area contributed by atoms with Gasteiger partial charge in [0.15, 0.2) is 5.76 Å². The van der Waals surface area contributed by atoms with E-state index in [1.165, 1.54) is 10.4 Å². The van der Waals surface area contributed by atoms with Crippen LogP contribution in [-0.2, 0) is 14.8 Å². The van der Waals surface area contributed by atoms with Gasteiger partial charge in [-0.2, -0.15) is 4.31 Å². The molecule has 0 spiro atoms. The highest BCUT2D eigenvalue weighted by Crippen LogP contribution is 2.39. The standard InChI is InChI=1S/C20H25FN4O4S2/c1-14-19(15(2)29-22-14)31(27,28)24-9-7-23(8-10-24)13-18(26)25-11-12-30-20(25)16-5-3-4-6-17(16)21/h3-6,20H,7-13H2,1-2H3/t20-/m0/s1. The molecule has 0 radical (unpaired) electrons. The second kappa shape index (κ2) is 8.89. The minimum absolute atomic E-state index is 0.0692. The summed E-state index contributed by atoms with van der Waals surface area (Å²) in [5.74, 6) is 0.660. The molecule has 3 heterocycles. The molecule has 2 aliphatic heterocycles. The number of rotatable bonds is 5. The molecule has 1 aromatic carbocycles. The molecule has 1 atom stereocenters. The van der Waals surface area contributed by atoms with Gasteiger partial charge in [-0.15, -0.1) is 11.8 Å². The number of aryl methyl sites for hydroxylation is 2. The Labute approximate surface area is 185 Å². The minimum Gasteiger partial charge on any atom is -0.360 e. The number of halogens is 1. The van der Waals surface area contributed by atoms with Crippen LogP contribution in [-0.4, -0.2) is 78.6 Å². The molecule has 2 saturated heterocycles. The van der Waals surface area contributed by atoms with Gasteiger partial charge in [0, 0.05) is 44.0 Å². The number of carbonyl (C=O) groups excluding carboxylic acids is 1. The topological polar surface area (TPSA) is 87.0 Å². The number of hydrogen-bond acceptors (Lipinski definition) is 7. The summed E-state index contributed by atoms with van der Waals surface area (Å²) in [5.41, 5.74) is 0.870. The Balaban J connectivity index is 1.38. The first-order chi connectivity index (χ1) is 14.8. The van der Waals surface area contributed by atoms with Crippen LogP contribution >= 0.6 is 11.8 Å². The zero-order valence-electron chi connectivity index (χ0n) is 17.5. The molecular formula is C20H25FN4O4S2. The molecule has 31 heavy (non-hydrogen) atoms. The number of benzene rings is 1. The Morgan fingerprint density at radius 2 is 1.90 bits per heavy atom. The first-order valence-corrected chi connectivity index (χ1v) is 12.6. The van der Waals surface area contributed by atoms with E-state index in [1.807, 2.05) is 4.90 Å². The van der Waals surface area contributed by atoms with Crippen molar-refractivity contribution in [2.45, 2.75) is 24.1 Å². The van der Waals surface area contributed by atoms with Gasteiger partial charge >= 0.3 is 0 Å². The van der Waals surface area contributed by atoms with Crippen LogP contribution in [0, 0.1) is 19.7 Å². The maximum atomic E-state index is 14.2. The average Bonchev–Trinajstić information content (AvgIpc) is 3.35. The first kappa shape index (κ1) is 22.3. The Morgan fingerprint density at radius 1 is 1.19 bits per heavy atom. The predicted molar refractivity (Wildman–Crippen MR) is 114 cm³/mol. The van der Waals surface area contributed by atoms with E-state index < -0.39 is 10.0 Å². The molecule has 0 aliphatic carbocycles. The second-order valence-electron chi connectivity index (χ2n) is 7.67. The van der Waals surface area contributed by atoms with Crippen molar-refractivity contribution in [3.63, 3.8) is 0 Å². The minimum atomic E-state index is -3.69. The van der Waals surface area contributed by atoms with Crippen molar-refractivity contribution >= 4 is 27.7 Å². The van der Waals surface area contributed by atoms with E-state index in [0.29, 0.717) is 30.9 Å². The van der Waals surface area contributed by atoms with Crippen molar-refractivity contribution in [1.29, 1.82) is 0 Å². The highest BCUT2D eigenvalue weighted by atomic mass is 32.2. The molecule has 1 aromatic heterocycles. The molecule has 0 saturated carbocycles. The molecule has 2 aromatic rings. The summed E-state index contributed by atoms with van der Waals surface area (Å²) >= 11 is 1.56. The zero-order valence-corrected chi connectivity index (χ0v) is 19.1. The predicted octanol–water partition coefficient (Wildman–Crippen LogP) is 2.01. The lowest BCUT2D eigenvalue weighted by molar-refractivity contribution is -0.132. The fraction of sp³-hybridized carbons (Fsp3) is 0.500. The van der Waals surface area contributed by atoms with E-state index >= 15 is 0 Å². The highest BCUT2D eigenvalue weighted by molar-refractivity contribution is 7.99. The SMILES string of the molecule is Cc1noc(C)c1S(=O)(=O)N1CCN(CC(=O)N2CCS[C@H]2c2ccccc2F)CC1. The third-order valence-corrected chi connectivity index (χ3v) is 9.02. The molecule has 1 amide bonds. The number of aromatic nitrogens is 1. The van der Waals surface area contributed by atoms with Crippen molar-refractivity contribution in [2.24, 2.45) is 0 Å². The fourth-order valence-corrected chi connectivity index (χ4v) is 7.05. The Hall–Kier alpha value is -1.95. The lowest BCUT2D eigenvalue weighted by atomic mass is 10.2. The molecule has 0 unspecified atom stereocenters. The normalized spacial score (nSPS) is 21.0. The summed E-state index contributed by atoms with van der Waals surface area (Å²) in [5, 5.41) is 3.42. The lowest BCUT2D eigenvalue weighted by Crippen LogP contribution is -2.51. The van der Waals surface area contributed by atoms with Crippen molar-refractivity contribution in [2.75, 3.05) is 45.0 Å². The number of nitrogens with zero attached hydrogens (tertiary/aromatic N) is 4. The maximum absolute atomic E-state index is 14.2. The van der Waals surface area contributed by atoms with Gasteiger partial charge in [0.2, 0.25) is 15.9 Å². The van der Waals surface area contributed by atoms with Crippen LogP contribution in [0.25, 0.3) is 0 Å². The summed E-state index contributed by atoms with van der Waals surface area (Å²) in [4.78, 5) is 16.7. The molecular weight excluding hydrogens is 443 g/mol. The van der Waals surface area contributed by atoms with Crippen LogP contribution in [0.3, 0.4) is 0 Å². The Kier molecular flexibility index (Phi) is 6.38. The molecule has 8 nitrogen and oxygen atoms in total. The van der Waals surface area contributed by atoms with Gasteiger partial charge in [0.1, 0.15) is 21.8 Å². The van der Waals surface area contributed by atoms with Crippen LogP contribution in [0.2, 0.25) is 0 Å². The summed E-state index contributed by atoms with van der Waals surface area (Å²) in [6, 6.07) is 6.55. The number of carbonyl (C=O) groups is 1. The molecule has 2 fully saturated rings. The number of hydrogen-bond donors (Lipinski definition) is 0. The molecule has 4 rings (SSSR count). The van der Waals surface area contributed by atoms with Gasteiger partial charge in [-0.3, -0.25) is 9.69 Å². The maximum Gasteiger partial charge on any atom is 0.248 e. The largest absolute Gasteiger partial charge is 0.360 e. The first-order valence-electron chi connectivity index (χ1n) is 10.1. The zero-order chi connectivity index (χ0) is 22.2. The van der Waals surface area contributed by atoms with Crippen LogP contribution in [0.5, 0.6) is 0 Å². The quantitative estimate of drug-likeness (QED) is 0.663. The summed E-state index contributed by atoms with van der Waals surface area (Å²) in [7, 11) is -3.69. The highest BCUT2D eigenvalue weighted by Gasteiger charge is 2.36. The molecule has 2 aliphatic rings. The molecule has 0 N–H and O–H groups in total. The van der Waals surface area contributed by atoms with E-state index in [9.17, 15) is 17.6 Å². The monoisotopic (exact) mass is 468 g/mol. The number of thioether (sulfide) groups is 1. The van der Waals surface area contributed by atoms with Gasteiger partial charge in [-0.25, -0.2) is 12.8 Å². The van der Waals surface area contributed by atoms with E-state index in [2.05, 4.69) is 5.16 Å². The lowest BCUT2D eigenvalue weighted by Gasteiger charge is -2.34. The van der Waals surface area contributed by atoms with Crippen molar-refractivity contribution < 1.29 is 22.1 Å². The van der Waals surface area contributed by atoms with Gasteiger partial charge in [0.05, 0.1) is 6.54 Å². The van der Waals surface area contributed by atoms with E-state index in [1.54, 1.807) is 48.7 Å². The second-order valence-corrected chi connectivity index (χ2v) is 10.7. The van der Waals surface area contributed by atoms with E-state index in [-0.39, 0.29) is 47.4 Å². The van der Waals surface area contributed by atoms with Gasteiger partial charge in [-0.05, 0) is 19.9 Å². The van der Waals surface area contributed by atoms with Crippen molar-refractivity contribution in [3.05, 3.63) is 47.1 Å². The van der Waals surface area contributed by atoms with Crippen LogP contribution in [0.4, 0.5) is 4.39 Å². The Bertz CT molecular complexity index is 1050. The molecule has 168 valence electrons. The third kappa shape index (κ3) is 4.36. The number of piperazine rings is 1. The smallest absolute Gasteiger partial charge is 0.248 e. The van der Waals surface area contributed by atoms with Gasteiger partial charge in [-0.1, -0.05) is 23.4 Å². The van der Waals surface area contributed by atoms with Crippen LogP contribution in [0.15, 0.2) is 33.7 Å². The van der Waals surface area contributed by atoms with Crippen LogP contribution < -0.4 is 0 Å². The Morgan fingerprint density at radius 3 is 2.55 bits per heavy atom. The van der Waals surface area contributed by atoms with Crippen molar-refractivity contribution in [3.8, 4) is 0 Å². The number of sulfonamides is 1. The molecule has 0 bridgehead atoms. The van der Waals surface area contributed by atoms with Gasteiger partial charge < -0.3 is 9.42 Å². The molecule has 11 heteroatoms. The fourth-order valence-electron chi connectivity index (χ4n) is 4.04. The summed E-state index contributed by atoms with van der Waals surface area (Å²) < 4.78 is 46.6. The summed E-state index contributed by atoms with van der Waals surface area (Å²) in [6.07, 6.45) is 0. The number of amides is 1. The van der Waals surface area contributed by atoms with Crippen LogP contribution in [0.1, 0.15) is 22.4 Å². The average molecular weight is 469 g/mol.